The fourth-order valence-electron chi connectivity index (χ4n) is 6.17. The second kappa shape index (κ2) is 18.5. The maximum absolute atomic E-state index is 12.4. The van der Waals surface area contributed by atoms with Gasteiger partial charge in [-0.15, -0.1) is 0 Å². The minimum atomic E-state index is -0.559. The molecule has 0 radical (unpaired) electrons. The summed E-state index contributed by atoms with van der Waals surface area (Å²) in [6.07, 6.45) is 11.8. The van der Waals surface area contributed by atoms with Crippen molar-refractivity contribution >= 4 is 23.0 Å². The maximum Gasteiger partial charge on any atom is 0.407 e. The number of furan rings is 1. The first kappa shape index (κ1) is 37.6. The fourth-order valence-corrected chi connectivity index (χ4v) is 6.17. The molecule has 1 N–H and O–H groups in total. The molecule has 0 bridgehead atoms. The first-order chi connectivity index (χ1) is 23.6. The zero-order chi connectivity index (χ0) is 35.2. The Bertz CT molecular complexity index is 1640. The van der Waals surface area contributed by atoms with E-state index < -0.39 is 11.7 Å². The van der Waals surface area contributed by atoms with Crippen LogP contribution in [0, 0.1) is 0 Å². The third-order valence-corrected chi connectivity index (χ3v) is 8.59. The molecule has 0 saturated heterocycles. The Kier molecular flexibility index (Phi) is 14.2. The van der Waals surface area contributed by atoms with Crippen molar-refractivity contribution in [3.05, 3.63) is 89.2 Å². The van der Waals surface area contributed by atoms with Crippen LogP contribution in [0.4, 0.5) is 4.79 Å². The zero-order valence-corrected chi connectivity index (χ0v) is 30.4. The summed E-state index contributed by atoms with van der Waals surface area (Å²) in [7, 11) is 0. The molecule has 0 spiro atoms. The number of rotatable bonds is 13. The molecule has 3 aromatic carbocycles. The molecule has 1 aromatic heterocycles. The van der Waals surface area contributed by atoms with E-state index in [9.17, 15) is 9.59 Å². The van der Waals surface area contributed by atoms with Crippen molar-refractivity contribution in [1.29, 1.82) is 0 Å². The largest absolute Gasteiger partial charge is 0.489 e. The topological polar surface area (TPSA) is 87.0 Å². The lowest BCUT2D eigenvalue weighted by atomic mass is 9.95. The second-order valence-corrected chi connectivity index (χ2v) is 13.9. The average Bonchev–Trinajstić information content (AvgIpc) is 3.79. The Hall–Kier alpha value is -4.26. The molecule has 7 heteroatoms. The first-order valence-corrected chi connectivity index (χ1v) is 18.1. The number of carbonyl (C=O) groups excluding carboxylic acids is 2. The average molecular weight is 670 g/mol. The van der Waals surface area contributed by atoms with Gasteiger partial charge in [0.15, 0.2) is 0 Å². The van der Waals surface area contributed by atoms with E-state index in [1.165, 1.54) is 56.9 Å². The number of hydrogen-bond donors (Lipinski definition) is 1. The predicted molar refractivity (Wildman–Crippen MR) is 197 cm³/mol. The van der Waals surface area contributed by atoms with Crippen molar-refractivity contribution < 1.29 is 28.2 Å². The summed E-state index contributed by atoms with van der Waals surface area (Å²) >= 11 is 0. The highest BCUT2D eigenvalue weighted by atomic mass is 16.6. The van der Waals surface area contributed by atoms with Crippen molar-refractivity contribution in [2.75, 3.05) is 6.61 Å². The van der Waals surface area contributed by atoms with E-state index in [1.807, 2.05) is 64.1 Å². The van der Waals surface area contributed by atoms with Gasteiger partial charge in [0.05, 0.1) is 19.3 Å². The van der Waals surface area contributed by atoms with Gasteiger partial charge in [-0.2, -0.15) is 0 Å². The molecule has 0 atom stereocenters. The van der Waals surface area contributed by atoms with E-state index in [-0.39, 0.29) is 12.4 Å². The van der Waals surface area contributed by atoms with E-state index in [2.05, 4.69) is 43.4 Å². The Balaban J connectivity index is 0.000000827. The normalized spacial score (nSPS) is 13.1. The molecule has 1 aliphatic carbocycles. The summed E-state index contributed by atoms with van der Waals surface area (Å²) in [6, 6.07) is 20.4. The number of nitrogens with one attached hydrogen (secondary N) is 1. The molecule has 1 heterocycles. The standard InChI is InChI=1S/C36H41NO6.C6H14/c1-5-40-33(38)21-29-14-13-27(26-10-6-7-11-26)20-32(29)42-23-25-18-30-15-16-41-34(30)31(19-25)28-12-8-9-24(17-28)22-37-35(39)43-36(2,3)4;1-3-5-6-4-2/h8-9,12-20,26H,5-7,10-11,21-23H2,1-4H3,(H,37,39);3-6H2,1-2H3. The summed E-state index contributed by atoms with van der Waals surface area (Å²) in [5.74, 6) is 0.996. The van der Waals surface area contributed by atoms with Crippen molar-refractivity contribution in [3.8, 4) is 16.9 Å². The SMILES string of the molecule is CCCCCC.CCOC(=O)Cc1ccc(C2CCCC2)cc1OCc1cc(-c2cccc(CNC(=O)OC(C)(C)C)c2)c2occc2c1. The van der Waals surface area contributed by atoms with Crippen LogP contribution in [-0.2, 0) is 33.8 Å². The Morgan fingerprint density at radius 2 is 1.65 bits per heavy atom. The van der Waals surface area contributed by atoms with Crippen LogP contribution in [0.5, 0.6) is 5.75 Å². The minimum Gasteiger partial charge on any atom is -0.489 e. The van der Waals surface area contributed by atoms with Crippen molar-refractivity contribution in [2.24, 2.45) is 0 Å². The molecule has 1 fully saturated rings. The lowest BCUT2D eigenvalue weighted by Gasteiger charge is -2.19. The number of ether oxygens (including phenoxy) is 3. The molecule has 49 heavy (non-hydrogen) atoms. The van der Waals surface area contributed by atoms with E-state index in [1.54, 1.807) is 6.26 Å². The van der Waals surface area contributed by atoms with Gasteiger partial charge in [-0.3, -0.25) is 4.79 Å². The van der Waals surface area contributed by atoms with Crippen LogP contribution in [0.3, 0.4) is 0 Å². The van der Waals surface area contributed by atoms with Gasteiger partial charge in [-0.25, -0.2) is 4.79 Å². The molecule has 1 amide bonds. The van der Waals surface area contributed by atoms with Crippen LogP contribution in [0.1, 0.15) is 121 Å². The number of benzene rings is 3. The number of amides is 1. The lowest BCUT2D eigenvalue weighted by molar-refractivity contribution is -0.142. The summed E-state index contributed by atoms with van der Waals surface area (Å²) < 4.78 is 22.9. The molecule has 7 nitrogen and oxygen atoms in total. The van der Waals surface area contributed by atoms with Crippen LogP contribution in [-0.4, -0.2) is 24.3 Å². The molecule has 5 rings (SSSR count). The van der Waals surface area contributed by atoms with Crippen LogP contribution in [0.25, 0.3) is 22.1 Å². The van der Waals surface area contributed by atoms with E-state index in [0.717, 1.165) is 44.5 Å². The smallest absolute Gasteiger partial charge is 0.407 e. The highest BCUT2D eigenvalue weighted by Gasteiger charge is 2.20. The van der Waals surface area contributed by atoms with Gasteiger partial charge < -0.3 is 23.9 Å². The molecule has 1 saturated carbocycles. The van der Waals surface area contributed by atoms with Gasteiger partial charge in [-0.05, 0) is 99.0 Å². The molecular formula is C42H55NO6. The maximum atomic E-state index is 12.4. The highest BCUT2D eigenvalue weighted by molar-refractivity contribution is 5.93. The van der Waals surface area contributed by atoms with Crippen molar-refractivity contribution in [2.45, 2.75) is 124 Å². The summed E-state index contributed by atoms with van der Waals surface area (Å²) in [4.78, 5) is 24.5. The quantitative estimate of drug-likeness (QED) is 0.113. The fraction of sp³-hybridized carbons (Fsp3) is 0.476. The van der Waals surface area contributed by atoms with Crippen LogP contribution in [0.2, 0.25) is 0 Å². The summed E-state index contributed by atoms with van der Waals surface area (Å²) in [6.45, 7) is 12.8. The van der Waals surface area contributed by atoms with Crippen LogP contribution >= 0.6 is 0 Å². The number of fused-ring (bicyclic) bond motifs is 1. The first-order valence-electron chi connectivity index (χ1n) is 18.1. The number of carbonyl (C=O) groups is 2. The Morgan fingerprint density at radius 1 is 0.898 bits per heavy atom. The van der Waals surface area contributed by atoms with E-state index in [0.29, 0.717) is 25.7 Å². The number of unbranched alkanes of at least 4 members (excludes halogenated alkanes) is 3. The van der Waals surface area contributed by atoms with Gasteiger partial charge >= 0.3 is 12.1 Å². The van der Waals surface area contributed by atoms with Gasteiger partial charge in [0.1, 0.15) is 23.5 Å². The van der Waals surface area contributed by atoms with Gasteiger partial charge in [0.25, 0.3) is 0 Å². The van der Waals surface area contributed by atoms with E-state index >= 15 is 0 Å². The number of alkyl carbamates (subject to hydrolysis) is 1. The van der Waals surface area contributed by atoms with Crippen LogP contribution in [0.15, 0.2) is 71.3 Å². The Morgan fingerprint density at radius 3 is 2.35 bits per heavy atom. The number of esters is 1. The molecule has 4 aromatic rings. The second-order valence-electron chi connectivity index (χ2n) is 13.9. The molecule has 1 aliphatic rings. The molecular weight excluding hydrogens is 614 g/mol. The number of hydrogen-bond acceptors (Lipinski definition) is 6. The zero-order valence-electron chi connectivity index (χ0n) is 30.4. The molecule has 264 valence electrons. The van der Waals surface area contributed by atoms with Crippen LogP contribution < -0.4 is 10.1 Å². The van der Waals surface area contributed by atoms with Crippen molar-refractivity contribution in [3.63, 3.8) is 0 Å². The lowest BCUT2D eigenvalue weighted by Crippen LogP contribution is -2.32. The summed E-state index contributed by atoms with van der Waals surface area (Å²) in [5, 5.41) is 3.80. The molecule has 0 unspecified atom stereocenters. The third-order valence-electron chi connectivity index (χ3n) is 8.59. The Labute approximate surface area is 292 Å². The monoisotopic (exact) mass is 669 g/mol. The predicted octanol–water partition coefficient (Wildman–Crippen LogP) is 11.1. The highest BCUT2D eigenvalue weighted by Crippen LogP contribution is 2.37. The van der Waals surface area contributed by atoms with Gasteiger partial charge in [0, 0.05) is 23.1 Å². The minimum absolute atomic E-state index is 0.171. The third kappa shape index (κ3) is 11.7. The van der Waals surface area contributed by atoms with E-state index in [4.69, 9.17) is 18.6 Å². The molecule has 0 aliphatic heterocycles. The van der Waals surface area contributed by atoms with Gasteiger partial charge in [0.2, 0.25) is 0 Å². The van der Waals surface area contributed by atoms with Crippen molar-refractivity contribution in [1.82, 2.24) is 5.32 Å². The summed E-state index contributed by atoms with van der Waals surface area (Å²) in [5.41, 5.74) is 6.15. The van der Waals surface area contributed by atoms with Gasteiger partial charge in [-0.1, -0.05) is 82.7 Å².